The summed E-state index contributed by atoms with van der Waals surface area (Å²) in [5, 5.41) is 21.7. The summed E-state index contributed by atoms with van der Waals surface area (Å²) in [7, 11) is -1.42. The van der Waals surface area contributed by atoms with Crippen LogP contribution in [0.4, 0.5) is 0 Å². The van der Waals surface area contributed by atoms with E-state index in [1.165, 1.54) is 0 Å². The highest BCUT2D eigenvalue weighted by atomic mass is 28.3. The fourth-order valence-electron chi connectivity index (χ4n) is 3.38. The summed E-state index contributed by atoms with van der Waals surface area (Å²) in [4.78, 5) is 25.0. The third kappa shape index (κ3) is 7.22. The Morgan fingerprint density at radius 2 is 1.44 bits per heavy atom. The lowest BCUT2D eigenvalue weighted by atomic mass is 9.98. The molecule has 0 radical (unpaired) electrons. The Morgan fingerprint density at radius 3 is 2.00 bits per heavy atom. The zero-order valence-electron chi connectivity index (χ0n) is 19.6. The fraction of sp³-hybridized carbons (Fsp3) is 0.440. The number of aliphatic hydroxyl groups excluding tert-OH is 2. The number of esters is 2. The number of carbonyl (C=O) groups is 2. The van der Waals surface area contributed by atoms with Gasteiger partial charge in [0.25, 0.3) is 0 Å². The average Bonchev–Trinajstić information content (AvgIpc) is 2.82. The minimum absolute atomic E-state index is 0.275. The molecule has 2 N–H and O–H groups in total. The topological polar surface area (TPSA) is 112 Å². The van der Waals surface area contributed by atoms with E-state index in [9.17, 15) is 19.8 Å². The molecule has 8 nitrogen and oxygen atoms in total. The molecule has 1 aliphatic rings. The predicted molar refractivity (Wildman–Crippen MR) is 127 cm³/mol. The van der Waals surface area contributed by atoms with E-state index in [4.69, 9.17) is 18.9 Å². The quantitative estimate of drug-likeness (QED) is 0.409. The monoisotopic (exact) mass is 488 g/mol. The molecule has 2 aromatic rings. The van der Waals surface area contributed by atoms with Crippen molar-refractivity contribution >= 4 is 20.0 Å². The predicted octanol–water partition coefficient (Wildman–Crippen LogP) is 2.87. The molecule has 1 saturated heterocycles. The van der Waals surface area contributed by atoms with Crippen LogP contribution in [0.3, 0.4) is 0 Å². The Labute approximate surface area is 200 Å². The van der Waals surface area contributed by atoms with E-state index in [0.717, 1.165) is 6.04 Å². The summed E-state index contributed by atoms with van der Waals surface area (Å²) in [6.07, 6.45) is -6.43. The van der Waals surface area contributed by atoms with Crippen molar-refractivity contribution < 1.29 is 38.7 Å². The van der Waals surface area contributed by atoms with Gasteiger partial charge in [-0.25, -0.2) is 9.59 Å². The van der Waals surface area contributed by atoms with Crippen LogP contribution in [0.2, 0.25) is 25.7 Å². The Balaban J connectivity index is 1.71. The second-order valence-electron chi connectivity index (χ2n) is 9.41. The van der Waals surface area contributed by atoms with Crippen LogP contribution in [0.1, 0.15) is 20.7 Å². The molecule has 9 heteroatoms. The highest BCUT2D eigenvalue weighted by molar-refractivity contribution is 6.76. The van der Waals surface area contributed by atoms with Crippen LogP contribution < -0.4 is 0 Å². The van der Waals surface area contributed by atoms with Crippen LogP contribution in [0.25, 0.3) is 0 Å². The molecule has 0 amide bonds. The molecule has 0 saturated carbocycles. The third-order valence-corrected chi connectivity index (χ3v) is 7.12. The second-order valence-corrected chi connectivity index (χ2v) is 15.0. The Bertz CT molecular complexity index is 931. The summed E-state index contributed by atoms with van der Waals surface area (Å²) in [6.45, 7) is 6.59. The highest BCUT2D eigenvalue weighted by Gasteiger charge is 2.48. The molecule has 1 heterocycles. The van der Waals surface area contributed by atoms with Crippen molar-refractivity contribution in [2.45, 2.75) is 56.4 Å². The fourth-order valence-corrected chi connectivity index (χ4v) is 4.11. The standard InChI is InChI=1S/C25H32O8Si/c1-34(2,3)15-14-30-25-21(27)22(33-24(29)18-12-8-5-9-13-18)20(26)19(32-25)16-31-23(28)17-10-6-4-7-11-17/h4-13,19-22,25-27H,14-16H2,1-3H3/t19-,20+,21-,22+,25-/m1/s1. The minimum Gasteiger partial charge on any atom is -0.459 e. The van der Waals surface area contributed by atoms with Gasteiger partial charge in [0.15, 0.2) is 12.4 Å². The van der Waals surface area contributed by atoms with Crippen LogP contribution in [0.15, 0.2) is 60.7 Å². The van der Waals surface area contributed by atoms with E-state index in [0.29, 0.717) is 12.2 Å². The maximum absolute atomic E-state index is 12.6. The van der Waals surface area contributed by atoms with Crippen molar-refractivity contribution in [1.29, 1.82) is 0 Å². The van der Waals surface area contributed by atoms with Gasteiger partial charge in [0.2, 0.25) is 0 Å². The molecular formula is C25H32O8Si. The van der Waals surface area contributed by atoms with Crippen LogP contribution in [-0.4, -0.2) is 74.1 Å². The van der Waals surface area contributed by atoms with Gasteiger partial charge in [0.1, 0.15) is 24.9 Å². The second kappa shape index (κ2) is 11.7. The molecule has 1 aliphatic heterocycles. The molecule has 0 unspecified atom stereocenters. The summed E-state index contributed by atoms with van der Waals surface area (Å²) in [5.41, 5.74) is 0.625. The SMILES string of the molecule is C[Si](C)(C)CCO[C@@H]1O[C@H](COC(=O)c2ccccc2)[C@H](O)[C@H](OC(=O)c2ccccc2)[C@H]1O. The van der Waals surface area contributed by atoms with E-state index < -0.39 is 50.7 Å². The number of ether oxygens (including phenoxy) is 4. The van der Waals surface area contributed by atoms with Crippen LogP contribution in [0.5, 0.6) is 0 Å². The first kappa shape index (κ1) is 26.0. The Kier molecular flexibility index (Phi) is 8.98. The van der Waals surface area contributed by atoms with Gasteiger partial charge >= 0.3 is 11.9 Å². The number of benzene rings is 2. The van der Waals surface area contributed by atoms with Gasteiger partial charge in [-0.15, -0.1) is 0 Å². The minimum atomic E-state index is -1.44. The summed E-state index contributed by atoms with van der Waals surface area (Å²) in [5.74, 6) is -1.29. The first-order chi connectivity index (χ1) is 16.2. The van der Waals surface area contributed by atoms with Crippen molar-refractivity contribution in [2.75, 3.05) is 13.2 Å². The lowest BCUT2D eigenvalue weighted by Gasteiger charge is -2.41. The van der Waals surface area contributed by atoms with Gasteiger partial charge in [0, 0.05) is 14.7 Å². The summed E-state index contributed by atoms with van der Waals surface area (Å²) in [6, 6.07) is 17.5. The van der Waals surface area contributed by atoms with Crippen LogP contribution in [0, 0.1) is 0 Å². The first-order valence-corrected chi connectivity index (χ1v) is 15.0. The highest BCUT2D eigenvalue weighted by Crippen LogP contribution is 2.26. The molecule has 2 aromatic carbocycles. The zero-order valence-corrected chi connectivity index (χ0v) is 20.6. The molecule has 184 valence electrons. The van der Waals surface area contributed by atoms with E-state index in [1.54, 1.807) is 60.7 Å². The Hall–Kier alpha value is -2.56. The number of hydrogen-bond acceptors (Lipinski definition) is 8. The van der Waals surface area contributed by atoms with Gasteiger partial charge in [0.05, 0.1) is 11.1 Å². The van der Waals surface area contributed by atoms with Gasteiger partial charge in [-0.2, -0.15) is 0 Å². The molecule has 0 aliphatic carbocycles. The number of hydrogen-bond donors (Lipinski definition) is 2. The Morgan fingerprint density at radius 1 is 0.882 bits per heavy atom. The van der Waals surface area contributed by atoms with Gasteiger partial charge in [-0.05, 0) is 30.3 Å². The molecule has 5 atom stereocenters. The van der Waals surface area contributed by atoms with Crippen molar-refractivity contribution in [3.05, 3.63) is 71.8 Å². The number of aliphatic hydroxyl groups is 2. The average molecular weight is 489 g/mol. The van der Waals surface area contributed by atoms with Crippen molar-refractivity contribution in [2.24, 2.45) is 0 Å². The largest absolute Gasteiger partial charge is 0.459 e. The lowest BCUT2D eigenvalue weighted by molar-refractivity contribution is -0.299. The molecule has 34 heavy (non-hydrogen) atoms. The van der Waals surface area contributed by atoms with Gasteiger partial charge in [-0.1, -0.05) is 56.0 Å². The first-order valence-electron chi connectivity index (χ1n) is 11.3. The van der Waals surface area contributed by atoms with E-state index in [-0.39, 0.29) is 12.2 Å². The lowest BCUT2D eigenvalue weighted by Crippen LogP contribution is -2.60. The molecule has 0 spiro atoms. The maximum atomic E-state index is 12.6. The number of rotatable bonds is 9. The summed E-state index contributed by atoms with van der Waals surface area (Å²) >= 11 is 0. The smallest absolute Gasteiger partial charge is 0.338 e. The normalized spacial score (nSPS) is 24.9. The van der Waals surface area contributed by atoms with Crippen molar-refractivity contribution in [3.8, 4) is 0 Å². The zero-order chi connectivity index (χ0) is 24.7. The van der Waals surface area contributed by atoms with Gasteiger partial charge in [-0.3, -0.25) is 0 Å². The van der Waals surface area contributed by atoms with Crippen molar-refractivity contribution in [1.82, 2.24) is 0 Å². The maximum Gasteiger partial charge on any atom is 0.338 e. The molecular weight excluding hydrogens is 456 g/mol. The van der Waals surface area contributed by atoms with E-state index in [2.05, 4.69) is 19.6 Å². The van der Waals surface area contributed by atoms with Crippen LogP contribution in [-0.2, 0) is 18.9 Å². The molecule has 0 aromatic heterocycles. The van der Waals surface area contributed by atoms with E-state index >= 15 is 0 Å². The molecule has 3 rings (SSSR count). The van der Waals surface area contributed by atoms with Gasteiger partial charge < -0.3 is 29.2 Å². The summed E-state index contributed by atoms with van der Waals surface area (Å²) < 4.78 is 22.3. The third-order valence-electron chi connectivity index (χ3n) is 5.42. The van der Waals surface area contributed by atoms with Crippen molar-refractivity contribution in [3.63, 3.8) is 0 Å². The van der Waals surface area contributed by atoms with E-state index in [1.807, 2.05) is 0 Å². The molecule has 0 bridgehead atoms. The van der Waals surface area contributed by atoms with Crippen LogP contribution >= 0.6 is 0 Å². The molecule has 1 fully saturated rings. The number of carbonyl (C=O) groups excluding carboxylic acids is 2.